The molecule has 76 valence electrons. The second-order valence-electron chi connectivity index (χ2n) is 2.80. The first-order valence-electron chi connectivity index (χ1n) is 3.95. The third-order valence-electron chi connectivity index (χ3n) is 1.69. The van der Waals surface area contributed by atoms with Gasteiger partial charge in [0.1, 0.15) is 23.4 Å². The molecule has 0 aliphatic heterocycles. The van der Waals surface area contributed by atoms with Crippen LogP contribution in [0.2, 0.25) is 0 Å². The predicted molar refractivity (Wildman–Crippen MR) is 47.1 cm³/mol. The van der Waals surface area contributed by atoms with Gasteiger partial charge in [-0.15, -0.1) is 0 Å². The van der Waals surface area contributed by atoms with Crippen LogP contribution < -0.4 is 5.32 Å². The van der Waals surface area contributed by atoms with E-state index in [1.54, 1.807) is 0 Å². The highest BCUT2D eigenvalue weighted by atomic mass is 19.1. The van der Waals surface area contributed by atoms with Gasteiger partial charge < -0.3 is 10.4 Å². The van der Waals surface area contributed by atoms with Crippen LogP contribution in [0.5, 0.6) is 0 Å². The summed E-state index contributed by atoms with van der Waals surface area (Å²) >= 11 is 0. The first-order valence-corrected chi connectivity index (χ1v) is 3.95. The molecule has 1 rings (SSSR count). The number of nitrogens with one attached hydrogen (secondary N) is 1. The third-order valence-corrected chi connectivity index (χ3v) is 1.69. The molecule has 0 fully saturated rings. The van der Waals surface area contributed by atoms with Crippen molar-refractivity contribution in [3.05, 3.63) is 29.8 Å². The molecule has 1 aromatic rings. The Kier molecular flexibility index (Phi) is 3.01. The molecular weight excluding hydrogens is 192 g/mol. The summed E-state index contributed by atoms with van der Waals surface area (Å²) in [6, 6.07) is 2.28. The van der Waals surface area contributed by atoms with Crippen LogP contribution in [0.25, 0.3) is 0 Å². The van der Waals surface area contributed by atoms with E-state index in [0.29, 0.717) is 0 Å². The predicted octanol–water partition coefficient (Wildman–Crippen LogP) is 1.85. The van der Waals surface area contributed by atoms with Crippen molar-refractivity contribution in [1.82, 2.24) is 0 Å². The molecule has 0 aliphatic rings. The number of hydrogen-bond donors (Lipinski definition) is 2. The van der Waals surface area contributed by atoms with Gasteiger partial charge in [0.15, 0.2) is 0 Å². The molecule has 1 aromatic carbocycles. The van der Waals surface area contributed by atoms with E-state index in [0.717, 1.165) is 12.1 Å². The summed E-state index contributed by atoms with van der Waals surface area (Å²) < 4.78 is 26.0. The van der Waals surface area contributed by atoms with Gasteiger partial charge in [0, 0.05) is 0 Å². The van der Waals surface area contributed by atoms with Gasteiger partial charge in [-0.05, 0) is 19.1 Å². The van der Waals surface area contributed by atoms with E-state index in [4.69, 9.17) is 5.11 Å². The van der Waals surface area contributed by atoms with Crippen molar-refractivity contribution in [2.45, 2.75) is 13.0 Å². The summed E-state index contributed by atoms with van der Waals surface area (Å²) in [4.78, 5) is 10.4. The fourth-order valence-electron chi connectivity index (χ4n) is 0.914. The zero-order valence-corrected chi connectivity index (χ0v) is 7.42. The van der Waals surface area contributed by atoms with Crippen molar-refractivity contribution >= 4 is 11.7 Å². The summed E-state index contributed by atoms with van der Waals surface area (Å²) in [5.41, 5.74) is -0.414. The van der Waals surface area contributed by atoms with Crippen LogP contribution in [0.4, 0.5) is 14.5 Å². The Balaban J connectivity index is 2.91. The van der Waals surface area contributed by atoms with E-state index in [1.807, 2.05) is 0 Å². The topological polar surface area (TPSA) is 49.3 Å². The number of hydrogen-bond acceptors (Lipinski definition) is 2. The molecular formula is C9H9F2NO2. The molecule has 0 spiro atoms. The zero-order valence-electron chi connectivity index (χ0n) is 7.42. The maximum Gasteiger partial charge on any atom is 0.325 e. The fourth-order valence-corrected chi connectivity index (χ4v) is 0.914. The van der Waals surface area contributed by atoms with E-state index in [1.165, 1.54) is 13.0 Å². The van der Waals surface area contributed by atoms with Gasteiger partial charge >= 0.3 is 5.97 Å². The zero-order chi connectivity index (χ0) is 10.7. The molecule has 14 heavy (non-hydrogen) atoms. The van der Waals surface area contributed by atoms with E-state index in [2.05, 4.69) is 5.32 Å². The van der Waals surface area contributed by atoms with Crippen LogP contribution >= 0.6 is 0 Å². The van der Waals surface area contributed by atoms with Gasteiger partial charge in [0.25, 0.3) is 0 Å². The Morgan fingerprint density at radius 2 is 1.93 bits per heavy atom. The summed E-state index contributed by atoms with van der Waals surface area (Å²) in [7, 11) is 0. The van der Waals surface area contributed by atoms with Crippen LogP contribution in [-0.2, 0) is 4.79 Å². The molecule has 1 unspecified atom stereocenters. The molecule has 0 aromatic heterocycles. The number of aliphatic carboxylic acids is 1. The lowest BCUT2D eigenvalue weighted by Gasteiger charge is -2.11. The van der Waals surface area contributed by atoms with Crippen LogP contribution in [-0.4, -0.2) is 17.1 Å². The Labute approximate surface area is 79.4 Å². The van der Waals surface area contributed by atoms with E-state index < -0.39 is 29.3 Å². The maximum absolute atomic E-state index is 13.0. The standard InChI is InChI=1S/C9H9F2NO2/c1-5(9(13)14)12-8-6(10)3-2-4-7(8)11/h2-5,12H,1H3,(H,13,14). The van der Waals surface area contributed by atoms with Gasteiger partial charge in [-0.25, -0.2) is 8.78 Å². The molecule has 0 saturated heterocycles. The number of carboxylic acids is 1. The average Bonchev–Trinajstić information content (AvgIpc) is 2.11. The Morgan fingerprint density at radius 3 is 2.36 bits per heavy atom. The lowest BCUT2D eigenvalue weighted by molar-refractivity contribution is -0.137. The Bertz CT molecular complexity index is 334. The van der Waals surface area contributed by atoms with Gasteiger partial charge in [0.2, 0.25) is 0 Å². The van der Waals surface area contributed by atoms with Gasteiger partial charge in [0.05, 0.1) is 0 Å². The first kappa shape index (κ1) is 10.4. The molecule has 0 heterocycles. The van der Waals surface area contributed by atoms with Crippen molar-refractivity contribution in [3.8, 4) is 0 Å². The summed E-state index contributed by atoms with van der Waals surface area (Å²) in [6.07, 6.45) is 0. The third kappa shape index (κ3) is 2.18. The molecule has 2 N–H and O–H groups in total. The number of benzene rings is 1. The fraction of sp³-hybridized carbons (Fsp3) is 0.222. The van der Waals surface area contributed by atoms with E-state index >= 15 is 0 Å². The van der Waals surface area contributed by atoms with Crippen LogP contribution in [0.1, 0.15) is 6.92 Å². The van der Waals surface area contributed by atoms with Crippen molar-refractivity contribution < 1.29 is 18.7 Å². The molecule has 0 radical (unpaired) electrons. The number of para-hydroxylation sites is 1. The van der Waals surface area contributed by atoms with E-state index in [9.17, 15) is 13.6 Å². The number of anilines is 1. The second-order valence-corrected chi connectivity index (χ2v) is 2.80. The smallest absolute Gasteiger partial charge is 0.325 e. The molecule has 0 bridgehead atoms. The number of halogens is 2. The normalized spacial score (nSPS) is 12.2. The van der Waals surface area contributed by atoms with Gasteiger partial charge in [-0.1, -0.05) is 6.07 Å². The SMILES string of the molecule is CC(Nc1c(F)cccc1F)C(=O)O. The monoisotopic (exact) mass is 201 g/mol. The molecule has 0 saturated carbocycles. The highest BCUT2D eigenvalue weighted by Gasteiger charge is 2.15. The minimum atomic E-state index is -1.17. The summed E-state index contributed by atoms with van der Waals surface area (Å²) in [6.45, 7) is 1.30. The van der Waals surface area contributed by atoms with Crippen molar-refractivity contribution in [1.29, 1.82) is 0 Å². The lowest BCUT2D eigenvalue weighted by atomic mass is 10.2. The largest absolute Gasteiger partial charge is 0.480 e. The van der Waals surface area contributed by atoms with Gasteiger partial charge in [-0.3, -0.25) is 4.79 Å². The van der Waals surface area contributed by atoms with Crippen molar-refractivity contribution in [2.75, 3.05) is 5.32 Å². The molecule has 0 aliphatic carbocycles. The number of carboxylic acid groups (broad SMARTS) is 1. The molecule has 0 amide bonds. The Morgan fingerprint density at radius 1 is 1.43 bits per heavy atom. The Hall–Kier alpha value is -1.65. The van der Waals surface area contributed by atoms with Crippen LogP contribution in [0, 0.1) is 11.6 Å². The lowest BCUT2D eigenvalue weighted by Crippen LogP contribution is -2.26. The van der Waals surface area contributed by atoms with Gasteiger partial charge in [-0.2, -0.15) is 0 Å². The summed E-state index contributed by atoms with van der Waals surface area (Å²) in [5, 5.41) is 10.7. The minimum absolute atomic E-state index is 0.414. The highest BCUT2D eigenvalue weighted by Crippen LogP contribution is 2.18. The maximum atomic E-state index is 13.0. The van der Waals surface area contributed by atoms with Crippen LogP contribution in [0.3, 0.4) is 0 Å². The second kappa shape index (κ2) is 4.04. The van der Waals surface area contributed by atoms with Crippen molar-refractivity contribution in [2.24, 2.45) is 0 Å². The quantitative estimate of drug-likeness (QED) is 0.784. The number of rotatable bonds is 3. The molecule has 5 heteroatoms. The summed E-state index contributed by atoms with van der Waals surface area (Å²) in [5.74, 6) is -2.79. The molecule has 1 atom stereocenters. The average molecular weight is 201 g/mol. The van der Waals surface area contributed by atoms with Crippen molar-refractivity contribution in [3.63, 3.8) is 0 Å². The van der Waals surface area contributed by atoms with Crippen LogP contribution in [0.15, 0.2) is 18.2 Å². The first-order chi connectivity index (χ1) is 6.52. The minimum Gasteiger partial charge on any atom is -0.480 e. The molecule has 3 nitrogen and oxygen atoms in total. The van der Waals surface area contributed by atoms with E-state index in [-0.39, 0.29) is 0 Å². The number of carbonyl (C=O) groups is 1. The highest BCUT2D eigenvalue weighted by molar-refractivity contribution is 5.76.